The third kappa shape index (κ3) is 4.98. The average molecular weight is 343 g/mol. The van der Waals surface area contributed by atoms with Crippen LogP contribution in [-0.2, 0) is 10.0 Å². The molecule has 1 aliphatic heterocycles. The number of benzene rings is 1. The lowest BCUT2D eigenvalue weighted by Gasteiger charge is -2.31. The van der Waals surface area contributed by atoms with Gasteiger partial charge in [-0.3, -0.25) is 0 Å². The Hall–Kier alpha value is -1.51. The van der Waals surface area contributed by atoms with Crippen molar-refractivity contribution in [3.8, 4) is 11.5 Å². The van der Waals surface area contributed by atoms with E-state index < -0.39 is 10.0 Å². The fourth-order valence-electron chi connectivity index (χ4n) is 2.42. The van der Waals surface area contributed by atoms with Crippen LogP contribution in [0.1, 0.15) is 6.42 Å². The lowest BCUT2D eigenvalue weighted by Crippen LogP contribution is -2.47. The first kappa shape index (κ1) is 17.8. The number of hydrogen-bond donors (Lipinski definition) is 1. The summed E-state index contributed by atoms with van der Waals surface area (Å²) in [5.41, 5.74) is 6.27. The molecule has 2 N–H and O–H groups in total. The van der Waals surface area contributed by atoms with E-state index in [1.807, 2.05) is 7.05 Å². The lowest BCUT2D eigenvalue weighted by atomic mass is 10.3. The molecule has 1 saturated heterocycles. The first-order valence-electron chi connectivity index (χ1n) is 7.65. The SMILES string of the molecule is COc1cc(N)ccc1OCCCS(=O)(=O)N1CCN(C)CC1. The van der Waals surface area contributed by atoms with Gasteiger partial charge in [-0.05, 0) is 25.6 Å². The Bertz CT molecular complexity index is 613. The number of methoxy groups -OCH3 is 1. The van der Waals surface area contributed by atoms with Gasteiger partial charge >= 0.3 is 0 Å². The van der Waals surface area contributed by atoms with Crippen molar-refractivity contribution in [1.82, 2.24) is 9.21 Å². The van der Waals surface area contributed by atoms with Crippen LogP contribution < -0.4 is 15.2 Å². The van der Waals surface area contributed by atoms with E-state index in [2.05, 4.69) is 4.90 Å². The summed E-state index contributed by atoms with van der Waals surface area (Å²) >= 11 is 0. The van der Waals surface area contributed by atoms with Gasteiger partial charge in [-0.1, -0.05) is 0 Å². The molecule has 130 valence electrons. The van der Waals surface area contributed by atoms with Crippen LogP contribution in [0.2, 0.25) is 0 Å². The monoisotopic (exact) mass is 343 g/mol. The Morgan fingerprint density at radius 1 is 1.17 bits per heavy atom. The minimum absolute atomic E-state index is 0.0913. The summed E-state index contributed by atoms with van der Waals surface area (Å²) in [6.07, 6.45) is 0.433. The van der Waals surface area contributed by atoms with Gasteiger partial charge in [0, 0.05) is 37.9 Å². The van der Waals surface area contributed by atoms with Crippen LogP contribution in [0.25, 0.3) is 0 Å². The number of nitrogen functional groups attached to an aromatic ring is 1. The molecule has 0 bridgehead atoms. The van der Waals surface area contributed by atoms with Gasteiger partial charge < -0.3 is 20.1 Å². The van der Waals surface area contributed by atoms with Crippen LogP contribution in [0.3, 0.4) is 0 Å². The van der Waals surface area contributed by atoms with Gasteiger partial charge in [0.05, 0.1) is 19.5 Å². The van der Waals surface area contributed by atoms with E-state index in [1.54, 1.807) is 29.6 Å². The summed E-state index contributed by atoms with van der Waals surface area (Å²) in [5, 5.41) is 0. The van der Waals surface area contributed by atoms with E-state index in [1.165, 1.54) is 0 Å². The molecule has 0 aliphatic carbocycles. The van der Waals surface area contributed by atoms with E-state index in [-0.39, 0.29) is 5.75 Å². The molecule has 1 aromatic carbocycles. The number of ether oxygens (including phenoxy) is 2. The number of nitrogens with two attached hydrogens (primary N) is 1. The fourth-order valence-corrected chi connectivity index (χ4v) is 3.88. The van der Waals surface area contributed by atoms with Crippen molar-refractivity contribution in [2.75, 3.05) is 58.4 Å². The molecular weight excluding hydrogens is 318 g/mol. The Labute approximate surface area is 138 Å². The largest absolute Gasteiger partial charge is 0.493 e. The molecule has 2 rings (SSSR count). The van der Waals surface area contributed by atoms with Crippen molar-refractivity contribution in [2.45, 2.75) is 6.42 Å². The van der Waals surface area contributed by atoms with Crippen molar-refractivity contribution < 1.29 is 17.9 Å². The number of sulfonamides is 1. The average Bonchev–Trinajstić information content (AvgIpc) is 2.53. The topological polar surface area (TPSA) is 85.1 Å². The molecule has 1 aliphatic rings. The smallest absolute Gasteiger partial charge is 0.214 e. The van der Waals surface area contributed by atoms with Gasteiger partial charge in [0.2, 0.25) is 10.0 Å². The van der Waals surface area contributed by atoms with Crippen LogP contribution in [0.4, 0.5) is 5.69 Å². The maximum atomic E-state index is 12.3. The van der Waals surface area contributed by atoms with Crippen LogP contribution >= 0.6 is 0 Å². The highest BCUT2D eigenvalue weighted by Gasteiger charge is 2.25. The highest BCUT2D eigenvalue weighted by atomic mass is 32.2. The molecule has 0 unspecified atom stereocenters. The predicted octanol–water partition coefficient (Wildman–Crippen LogP) is 0.624. The summed E-state index contributed by atoms with van der Waals surface area (Å²) in [6.45, 7) is 2.99. The molecule has 0 atom stereocenters. The molecule has 1 fully saturated rings. The van der Waals surface area contributed by atoms with Crippen molar-refractivity contribution in [1.29, 1.82) is 0 Å². The summed E-state index contributed by atoms with van der Waals surface area (Å²) in [5.74, 6) is 1.21. The van der Waals surface area contributed by atoms with Gasteiger partial charge in [0.1, 0.15) is 0 Å². The van der Waals surface area contributed by atoms with Crippen molar-refractivity contribution in [2.24, 2.45) is 0 Å². The van der Waals surface area contributed by atoms with E-state index in [0.717, 1.165) is 13.1 Å². The standard InChI is InChI=1S/C15H25N3O4S/c1-17-6-8-18(9-7-17)23(19,20)11-3-10-22-14-5-4-13(16)12-15(14)21-2/h4-5,12H,3,6-11,16H2,1-2H3. The number of anilines is 1. The molecule has 0 radical (unpaired) electrons. The molecule has 0 aromatic heterocycles. The van der Waals surface area contributed by atoms with E-state index in [9.17, 15) is 8.42 Å². The number of rotatable bonds is 7. The summed E-state index contributed by atoms with van der Waals surface area (Å²) < 4.78 is 36.9. The molecule has 23 heavy (non-hydrogen) atoms. The summed E-state index contributed by atoms with van der Waals surface area (Å²) in [4.78, 5) is 2.13. The Morgan fingerprint density at radius 2 is 1.87 bits per heavy atom. The third-order valence-corrected chi connectivity index (χ3v) is 5.80. The molecule has 1 heterocycles. The second-order valence-electron chi connectivity index (χ2n) is 5.63. The number of piperazine rings is 1. The maximum absolute atomic E-state index is 12.3. The van der Waals surface area contributed by atoms with Gasteiger partial charge in [0.25, 0.3) is 0 Å². The Kier molecular flexibility index (Phi) is 6.09. The van der Waals surface area contributed by atoms with E-state index >= 15 is 0 Å². The molecule has 1 aromatic rings. The van der Waals surface area contributed by atoms with E-state index in [0.29, 0.717) is 43.3 Å². The second kappa shape index (κ2) is 7.85. The summed E-state index contributed by atoms with van der Waals surface area (Å²) in [6, 6.07) is 5.12. The predicted molar refractivity (Wildman–Crippen MR) is 90.4 cm³/mol. The highest BCUT2D eigenvalue weighted by molar-refractivity contribution is 7.89. The first-order chi connectivity index (χ1) is 10.9. The number of nitrogens with zero attached hydrogens (tertiary/aromatic N) is 2. The molecule has 0 amide bonds. The van der Waals surface area contributed by atoms with Gasteiger partial charge in [-0.25, -0.2) is 8.42 Å². The first-order valence-corrected chi connectivity index (χ1v) is 9.26. The van der Waals surface area contributed by atoms with Crippen molar-refractivity contribution in [3.63, 3.8) is 0 Å². The second-order valence-corrected chi connectivity index (χ2v) is 7.72. The van der Waals surface area contributed by atoms with E-state index in [4.69, 9.17) is 15.2 Å². The zero-order valence-electron chi connectivity index (χ0n) is 13.7. The minimum Gasteiger partial charge on any atom is -0.493 e. The Balaban J connectivity index is 1.81. The molecule has 0 saturated carbocycles. The van der Waals surface area contributed by atoms with Crippen molar-refractivity contribution in [3.05, 3.63) is 18.2 Å². The van der Waals surface area contributed by atoms with Gasteiger partial charge in [-0.15, -0.1) is 0 Å². The number of likely N-dealkylation sites (N-methyl/N-ethyl adjacent to an activating group) is 1. The van der Waals surface area contributed by atoms with Crippen LogP contribution in [0.15, 0.2) is 18.2 Å². The zero-order chi connectivity index (χ0) is 16.9. The normalized spacial score (nSPS) is 17.1. The molecule has 0 spiro atoms. The zero-order valence-corrected chi connectivity index (χ0v) is 14.5. The lowest BCUT2D eigenvalue weighted by molar-refractivity contribution is 0.222. The number of hydrogen-bond acceptors (Lipinski definition) is 6. The summed E-state index contributed by atoms with van der Waals surface area (Å²) in [7, 11) is 0.331. The molecule has 8 heteroatoms. The fraction of sp³-hybridized carbons (Fsp3) is 0.600. The van der Waals surface area contributed by atoms with Gasteiger partial charge in [0.15, 0.2) is 11.5 Å². The minimum atomic E-state index is -3.21. The quantitative estimate of drug-likeness (QED) is 0.577. The molecule has 7 nitrogen and oxygen atoms in total. The maximum Gasteiger partial charge on any atom is 0.214 e. The Morgan fingerprint density at radius 3 is 2.52 bits per heavy atom. The highest BCUT2D eigenvalue weighted by Crippen LogP contribution is 2.29. The third-order valence-electron chi connectivity index (χ3n) is 3.85. The van der Waals surface area contributed by atoms with Crippen LogP contribution in [0.5, 0.6) is 11.5 Å². The van der Waals surface area contributed by atoms with Crippen LogP contribution in [0, 0.1) is 0 Å². The molecular formula is C15H25N3O4S. The van der Waals surface area contributed by atoms with Crippen molar-refractivity contribution >= 4 is 15.7 Å². The van der Waals surface area contributed by atoms with Crippen LogP contribution in [-0.4, -0.2) is 70.3 Å². The van der Waals surface area contributed by atoms with Gasteiger partial charge in [-0.2, -0.15) is 4.31 Å².